The zero-order chi connectivity index (χ0) is 37.6. The Kier molecular flexibility index (Phi) is 11.0. The first-order valence-electron chi connectivity index (χ1n) is 19.5. The van der Waals surface area contributed by atoms with E-state index in [1.807, 2.05) is 30.3 Å². The topological polar surface area (TPSA) is 81.5 Å². The molecule has 0 bridgehead atoms. The molecule has 9 rings (SSSR count). The molecule has 4 aromatic carbocycles. The number of likely N-dealkylation sites (N-methyl/N-ethyl adjacent to an activating group) is 1. The fourth-order valence-corrected chi connectivity index (χ4v) is 9.38. The van der Waals surface area contributed by atoms with Crippen molar-refractivity contribution in [2.24, 2.45) is 0 Å². The first-order chi connectivity index (χ1) is 26.8. The van der Waals surface area contributed by atoms with Crippen molar-refractivity contribution in [3.05, 3.63) is 129 Å². The highest BCUT2D eigenvalue weighted by molar-refractivity contribution is 9.10. The van der Waals surface area contributed by atoms with Gasteiger partial charge >= 0.3 is 0 Å². The number of rotatable bonds is 7. The largest absolute Gasteiger partial charge is 0.508 e. The molecule has 1 N–H and O–H groups in total. The number of phenols is 1. The van der Waals surface area contributed by atoms with Crippen LogP contribution in [0.3, 0.4) is 0 Å². The van der Waals surface area contributed by atoms with Gasteiger partial charge in [0.15, 0.2) is 0 Å². The zero-order valence-electron chi connectivity index (χ0n) is 31.6. The van der Waals surface area contributed by atoms with Gasteiger partial charge in [-0.1, -0.05) is 40.2 Å². The van der Waals surface area contributed by atoms with E-state index in [1.54, 1.807) is 29.2 Å². The van der Waals surface area contributed by atoms with Gasteiger partial charge in [0.25, 0.3) is 11.8 Å². The molecule has 1 saturated heterocycles. The number of amides is 2. The number of anilines is 3. The molecular weight excluding hydrogens is 790 g/mol. The fourth-order valence-electron chi connectivity index (χ4n) is 9.02. The molecule has 2 amide bonds. The normalized spacial score (nSPS) is 17.8. The number of phenolic OH excluding ortho intramolecular Hbond substituents is 1. The van der Waals surface area contributed by atoms with E-state index >= 15 is 9.59 Å². The van der Waals surface area contributed by atoms with E-state index < -0.39 is 0 Å². The van der Waals surface area contributed by atoms with Gasteiger partial charge < -0.3 is 24.2 Å². The van der Waals surface area contributed by atoms with Crippen LogP contribution in [0.25, 0.3) is 11.3 Å². The monoisotopic (exact) mass is 835 g/mol. The summed E-state index contributed by atoms with van der Waals surface area (Å²) in [5, 5.41) is 10.2. The van der Waals surface area contributed by atoms with E-state index in [4.69, 9.17) is 4.74 Å². The molecule has 4 aliphatic rings. The van der Waals surface area contributed by atoms with Crippen molar-refractivity contribution in [2.45, 2.75) is 51.2 Å². The van der Waals surface area contributed by atoms with Crippen LogP contribution < -0.4 is 9.80 Å². The van der Waals surface area contributed by atoms with E-state index in [1.165, 1.54) is 22.4 Å². The predicted molar refractivity (Wildman–Crippen MR) is 227 cm³/mol. The van der Waals surface area contributed by atoms with Gasteiger partial charge in [-0.15, -0.1) is 12.4 Å². The van der Waals surface area contributed by atoms with Crippen LogP contribution in [0.4, 0.5) is 17.1 Å². The molecule has 0 saturated carbocycles. The maximum absolute atomic E-state index is 15.1. The third kappa shape index (κ3) is 7.24. The van der Waals surface area contributed by atoms with Crippen molar-refractivity contribution < 1.29 is 19.4 Å². The van der Waals surface area contributed by atoms with Gasteiger partial charge in [-0.05, 0) is 116 Å². The molecule has 5 heterocycles. The van der Waals surface area contributed by atoms with Gasteiger partial charge in [0.1, 0.15) is 5.75 Å². The second-order valence-corrected chi connectivity index (χ2v) is 16.2. The first-order valence-corrected chi connectivity index (χ1v) is 20.3. The van der Waals surface area contributed by atoms with Gasteiger partial charge in [0.2, 0.25) is 0 Å². The number of aromatic hydroxyl groups is 1. The Labute approximate surface area is 343 Å². The average Bonchev–Trinajstić information content (AvgIpc) is 3.79. The molecule has 0 radical (unpaired) electrons. The van der Waals surface area contributed by atoms with E-state index in [0.29, 0.717) is 36.6 Å². The van der Waals surface area contributed by atoms with Crippen molar-refractivity contribution in [3.63, 3.8) is 0 Å². The minimum Gasteiger partial charge on any atom is -0.508 e. The van der Waals surface area contributed by atoms with Gasteiger partial charge in [0.05, 0.1) is 18.8 Å². The molecule has 0 unspecified atom stereocenters. The van der Waals surface area contributed by atoms with Crippen LogP contribution in [0.2, 0.25) is 0 Å². The van der Waals surface area contributed by atoms with Crippen LogP contribution in [0, 0.1) is 0 Å². The molecule has 1 fully saturated rings. The van der Waals surface area contributed by atoms with Gasteiger partial charge in [0, 0.05) is 96.4 Å². The quantitative estimate of drug-likeness (QED) is 0.178. The lowest BCUT2D eigenvalue weighted by Crippen LogP contribution is -2.52. The summed E-state index contributed by atoms with van der Waals surface area (Å²) in [6.45, 7) is 6.19. The fraction of sp³-hybridized carbons (Fsp3) is 0.333. The van der Waals surface area contributed by atoms with Crippen molar-refractivity contribution in [1.82, 2.24) is 14.4 Å². The Morgan fingerprint density at radius 1 is 0.821 bits per heavy atom. The molecule has 4 aliphatic heterocycles. The second-order valence-electron chi connectivity index (χ2n) is 15.3. The summed E-state index contributed by atoms with van der Waals surface area (Å²) >= 11 is 3.74. The van der Waals surface area contributed by atoms with Crippen LogP contribution in [-0.4, -0.2) is 83.8 Å². The number of aromatic nitrogens is 1. The summed E-state index contributed by atoms with van der Waals surface area (Å²) in [7, 11) is 2.10. The number of ether oxygens (including phenoxy) is 1. The summed E-state index contributed by atoms with van der Waals surface area (Å²) < 4.78 is 8.80. The Morgan fingerprint density at radius 3 is 2.39 bits per heavy atom. The molecule has 9 nitrogen and oxygen atoms in total. The average molecular weight is 837 g/mol. The van der Waals surface area contributed by atoms with Crippen LogP contribution in [0.15, 0.2) is 95.5 Å². The Bertz CT molecular complexity index is 2270. The maximum Gasteiger partial charge on any atom is 0.264 e. The number of carbonyl (C=O) groups excluding carboxylic acids is 2. The number of carbonyl (C=O) groups is 2. The summed E-state index contributed by atoms with van der Waals surface area (Å²) in [4.78, 5) is 38.7. The lowest BCUT2D eigenvalue weighted by Gasteiger charge is -2.40. The predicted octanol–water partition coefficient (Wildman–Crippen LogP) is 8.25. The minimum atomic E-state index is -0.130. The maximum atomic E-state index is 15.1. The molecule has 11 heteroatoms. The van der Waals surface area contributed by atoms with Crippen molar-refractivity contribution >= 4 is 57.2 Å². The highest BCUT2D eigenvalue weighted by atomic mass is 79.9. The van der Waals surface area contributed by atoms with Gasteiger partial charge in [-0.3, -0.25) is 19.4 Å². The lowest BCUT2D eigenvalue weighted by molar-refractivity contribution is 0.0193. The summed E-state index contributed by atoms with van der Waals surface area (Å²) in [5.74, 6) is 0.0183. The summed E-state index contributed by atoms with van der Waals surface area (Å²) in [6.07, 6.45) is 4.45. The Morgan fingerprint density at radius 2 is 1.59 bits per heavy atom. The van der Waals surface area contributed by atoms with Crippen LogP contribution in [-0.2, 0) is 37.1 Å². The van der Waals surface area contributed by atoms with Crippen molar-refractivity contribution in [2.75, 3.05) is 56.2 Å². The lowest BCUT2D eigenvalue weighted by atomic mass is 9.92. The van der Waals surface area contributed by atoms with E-state index in [0.717, 1.165) is 91.9 Å². The van der Waals surface area contributed by atoms with Gasteiger partial charge in [-0.25, -0.2) is 0 Å². The number of hydrogen-bond donors (Lipinski definition) is 1. The summed E-state index contributed by atoms with van der Waals surface area (Å²) in [5.41, 5.74) is 10.3. The molecule has 1 atom stereocenters. The number of morpholine rings is 1. The van der Waals surface area contributed by atoms with Crippen molar-refractivity contribution in [1.29, 1.82) is 0 Å². The number of hydrogen-bond acceptors (Lipinski definition) is 6. The number of fused-ring (bicyclic) bond motifs is 3. The smallest absolute Gasteiger partial charge is 0.264 e. The van der Waals surface area contributed by atoms with Crippen LogP contribution in [0.5, 0.6) is 5.75 Å². The number of nitrogens with zero attached hydrogens (tertiary/aromatic N) is 5. The Hall–Kier alpha value is -4.61. The number of benzene rings is 4. The van der Waals surface area contributed by atoms with E-state index in [2.05, 4.69) is 78.6 Å². The molecule has 56 heavy (non-hydrogen) atoms. The molecule has 290 valence electrons. The van der Waals surface area contributed by atoms with Crippen LogP contribution in [0.1, 0.15) is 55.9 Å². The first kappa shape index (κ1) is 38.3. The Balaban J connectivity index is 0.00000441. The van der Waals surface area contributed by atoms with Crippen molar-refractivity contribution in [3.8, 4) is 17.0 Å². The molecule has 0 aliphatic carbocycles. The number of halogens is 2. The third-order valence-corrected chi connectivity index (χ3v) is 12.4. The molecule has 5 aromatic rings. The highest BCUT2D eigenvalue weighted by Crippen LogP contribution is 2.40. The van der Waals surface area contributed by atoms with E-state index in [-0.39, 0.29) is 36.0 Å². The standard InChI is InChI=1S/C45H46BrN5O4.ClH/c1-47-19-17-31-25-35(12-16-41(31)47)51(34-10-13-37(52)14-11-34)45(54)40-27-43(49-18-5-4-8-42(40)49)39-26-33(46)9-15-38(39)44(53)50-28-32-7-3-2-6-30(32)24-36(50)29-48-20-22-55-23-21-48;/h2-3,6-7,9-16,25-27,36,52H,4-5,8,17-24,28-29H2,1H3;1H/t36-;/m0./s1. The highest BCUT2D eigenvalue weighted by Gasteiger charge is 2.35. The third-order valence-electron chi connectivity index (χ3n) is 11.9. The second kappa shape index (κ2) is 16.1. The zero-order valence-corrected chi connectivity index (χ0v) is 34.0. The van der Waals surface area contributed by atoms with Gasteiger partial charge in [-0.2, -0.15) is 0 Å². The molecular formula is C45H47BrClN5O4. The summed E-state index contributed by atoms with van der Waals surface area (Å²) in [6, 6.07) is 29.6. The minimum absolute atomic E-state index is 0. The van der Waals surface area contributed by atoms with Crippen LogP contribution >= 0.6 is 28.3 Å². The molecule has 1 aromatic heterocycles. The molecule has 0 spiro atoms. The van der Waals surface area contributed by atoms with E-state index in [9.17, 15) is 5.11 Å². The SMILES string of the molecule is CN1CCc2cc(N(C(=O)c3cc(-c4cc(Br)ccc4C(=O)N4Cc5ccccc5C[C@H]4CN4CCOCC4)n4c3CCCC4)c3ccc(O)cc3)ccc21.Cl.